The molecule has 2 N–H and O–H groups in total. The zero-order chi connectivity index (χ0) is 23.4. The highest BCUT2D eigenvalue weighted by molar-refractivity contribution is 6.14. The molecular formula is C24H26F2N6O. The van der Waals surface area contributed by atoms with E-state index in [1.807, 2.05) is 27.1 Å². The van der Waals surface area contributed by atoms with Gasteiger partial charge in [0, 0.05) is 54.4 Å². The zero-order valence-electron chi connectivity index (χ0n) is 19.0. The van der Waals surface area contributed by atoms with Crippen LogP contribution in [0.1, 0.15) is 28.2 Å². The number of hydrogen-bond donors (Lipinski definition) is 2. The van der Waals surface area contributed by atoms with E-state index in [9.17, 15) is 9.18 Å². The number of rotatable bonds is 4. The van der Waals surface area contributed by atoms with Crippen LogP contribution in [0.25, 0.3) is 16.6 Å². The number of benzene rings is 1. The van der Waals surface area contributed by atoms with Crippen molar-refractivity contribution >= 4 is 33.8 Å². The van der Waals surface area contributed by atoms with Gasteiger partial charge in [0.2, 0.25) is 0 Å². The number of aromatic amines is 1. The monoisotopic (exact) mass is 452 g/mol. The van der Waals surface area contributed by atoms with E-state index < -0.39 is 17.5 Å². The molecule has 4 aromatic rings. The summed E-state index contributed by atoms with van der Waals surface area (Å²) in [6, 6.07) is 4.95. The van der Waals surface area contributed by atoms with E-state index in [0.29, 0.717) is 17.3 Å². The largest absolute Gasteiger partial charge is 0.369 e. The van der Waals surface area contributed by atoms with Gasteiger partial charge in [-0.25, -0.2) is 13.8 Å². The Morgan fingerprint density at radius 2 is 1.97 bits per heavy atom. The number of imidazole rings is 1. The second-order valence-corrected chi connectivity index (χ2v) is 8.99. The van der Waals surface area contributed by atoms with Crippen LogP contribution in [0.3, 0.4) is 0 Å². The number of aromatic nitrogens is 3. The van der Waals surface area contributed by atoms with Gasteiger partial charge in [-0.2, -0.15) is 0 Å². The SMILES string of the molecule is Cc1cn2cc(NC(=O)c3c(F)cc(N4CC[C@H](N(C)C)C4)c4cc(C)[nH]c34)cc(F)c2n1. The van der Waals surface area contributed by atoms with Crippen LogP contribution in [0.15, 0.2) is 30.6 Å². The van der Waals surface area contributed by atoms with Gasteiger partial charge in [0.25, 0.3) is 5.91 Å². The summed E-state index contributed by atoms with van der Waals surface area (Å²) in [5.74, 6) is -1.83. The molecule has 0 radical (unpaired) electrons. The van der Waals surface area contributed by atoms with Crippen molar-refractivity contribution in [3.63, 3.8) is 0 Å². The van der Waals surface area contributed by atoms with Crippen LogP contribution in [0.5, 0.6) is 0 Å². The van der Waals surface area contributed by atoms with E-state index in [1.165, 1.54) is 16.5 Å². The number of carbonyl (C=O) groups excluding carboxylic acids is 1. The third-order valence-electron chi connectivity index (χ3n) is 6.33. The van der Waals surface area contributed by atoms with E-state index >= 15 is 4.39 Å². The number of halogens is 2. The first kappa shape index (κ1) is 21.4. The average molecular weight is 453 g/mol. The van der Waals surface area contributed by atoms with Gasteiger partial charge in [0.05, 0.1) is 22.5 Å². The van der Waals surface area contributed by atoms with Crippen molar-refractivity contribution in [2.45, 2.75) is 26.3 Å². The lowest BCUT2D eigenvalue weighted by Crippen LogP contribution is -2.31. The summed E-state index contributed by atoms with van der Waals surface area (Å²) >= 11 is 0. The Balaban J connectivity index is 1.52. The van der Waals surface area contributed by atoms with Crippen molar-refractivity contribution < 1.29 is 13.6 Å². The Morgan fingerprint density at radius 1 is 1.18 bits per heavy atom. The molecule has 5 rings (SSSR count). The molecule has 9 heteroatoms. The minimum Gasteiger partial charge on any atom is -0.369 e. The van der Waals surface area contributed by atoms with Crippen molar-refractivity contribution in [1.82, 2.24) is 19.3 Å². The molecule has 1 aliphatic rings. The molecule has 3 aromatic heterocycles. The lowest BCUT2D eigenvalue weighted by molar-refractivity contribution is 0.102. The summed E-state index contributed by atoms with van der Waals surface area (Å²) in [6.45, 7) is 5.24. The number of fused-ring (bicyclic) bond motifs is 2. The summed E-state index contributed by atoms with van der Waals surface area (Å²) in [5.41, 5.74) is 2.99. The smallest absolute Gasteiger partial charge is 0.260 e. The maximum absolute atomic E-state index is 15.4. The molecule has 4 heterocycles. The Morgan fingerprint density at radius 3 is 2.70 bits per heavy atom. The first-order valence-electron chi connectivity index (χ1n) is 10.9. The summed E-state index contributed by atoms with van der Waals surface area (Å²) in [5, 5.41) is 3.44. The van der Waals surface area contributed by atoms with Gasteiger partial charge in [-0.1, -0.05) is 0 Å². The van der Waals surface area contributed by atoms with Gasteiger partial charge in [0.1, 0.15) is 5.82 Å². The molecular weight excluding hydrogens is 426 g/mol. The van der Waals surface area contributed by atoms with Crippen molar-refractivity contribution in [3.8, 4) is 0 Å². The Labute approximate surface area is 190 Å². The zero-order valence-corrected chi connectivity index (χ0v) is 19.0. The van der Waals surface area contributed by atoms with E-state index in [2.05, 4.69) is 25.1 Å². The number of nitrogens with zero attached hydrogens (tertiary/aromatic N) is 4. The van der Waals surface area contributed by atoms with Gasteiger partial charge < -0.3 is 24.5 Å². The Hall–Kier alpha value is -3.46. The van der Waals surface area contributed by atoms with Crippen LogP contribution >= 0.6 is 0 Å². The topological polar surface area (TPSA) is 68.7 Å². The fourth-order valence-electron chi connectivity index (χ4n) is 4.68. The number of pyridine rings is 1. The third-order valence-corrected chi connectivity index (χ3v) is 6.33. The molecule has 0 aliphatic carbocycles. The molecule has 0 unspecified atom stereocenters. The molecule has 1 amide bonds. The first-order chi connectivity index (χ1) is 15.7. The molecule has 0 spiro atoms. The Kier molecular flexibility index (Phi) is 5.08. The molecule has 1 fully saturated rings. The van der Waals surface area contributed by atoms with Gasteiger partial charge >= 0.3 is 0 Å². The quantitative estimate of drug-likeness (QED) is 0.489. The molecule has 1 saturated heterocycles. The van der Waals surface area contributed by atoms with Crippen LogP contribution in [-0.4, -0.2) is 58.4 Å². The standard InChI is InChI=1S/C24H26F2N6O/c1-13-7-17-20(31-6-5-16(12-31)30(3)4)9-18(25)21(22(17)27-13)24(33)29-15-8-19(26)23-28-14(2)10-32(23)11-15/h7-11,16,27H,5-6,12H2,1-4H3,(H,29,33)/t16-/m0/s1. The third kappa shape index (κ3) is 3.72. The lowest BCUT2D eigenvalue weighted by atomic mass is 10.1. The van der Waals surface area contributed by atoms with E-state index in [1.54, 1.807) is 19.3 Å². The van der Waals surface area contributed by atoms with Crippen molar-refractivity contribution in [2.75, 3.05) is 37.4 Å². The normalized spacial score (nSPS) is 16.5. The van der Waals surface area contributed by atoms with E-state index in [4.69, 9.17) is 0 Å². The van der Waals surface area contributed by atoms with Gasteiger partial charge in [-0.3, -0.25) is 4.79 Å². The summed E-state index contributed by atoms with van der Waals surface area (Å²) in [7, 11) is 4.09. The molecule has 7 nitrogen and oxygen atoms in total. The fraction of sp³-hybridized carbons (Fsp3) is 0.333. The minimum absolute atomic E-state index is 0.0903. The molecule has 33 heavy (non-hydrogen) atoms. The van der Waals surface area contributed by atoms with Crippen LogP contribution in [0, 0.1) is 25.5 Å². The van der Waals surface area contributed by atoms with Crippen LogP contribution in [0.4, 0.5) is 20.2 Å². The van der Waals surface area contributed by atoms with E-state index in [0.717, 1.165) is 36.3 Å². The highest BCUT2D eigenvalue weighted by Gasteiger charge is 2.28. The molecule has 172 valence electrons. The number of amides is 1. The number of H-pyrrole nitrogens is 1. The summed E-state index contributed by atoms with van der Waals surface area (Å²) in [6.07, 6.45) is 4.21. The number of hydrogen-bond acceptors (Lipinski definition) is 4. The Bertz CT molecular complexity index is 1390. The second kappa shape index (κ2) is 7.84. The molecule has 0 saturated carbocycles. The fourth-order valence-corrected chi connectivity index (χ4v) is 4.68. The van der Waals surface area contributed by atoms with Crippen molar-refractivity contribution in [3.05, 3.63) is 59.2 Å². The summed E-state index contributed by atoms with van der Waals surface area (Å²) < 4.78 is 31.3. The van der Waals surface area contributed by atoms with Gasteiger partial charge in [0.15, 0.2) is 11.5 Å². The molecule has 1 atom stereocenters. The number of likely N-dealkylation sites (N-methyl/N-ethyl adjacent to an activating group) is 1. The summed E-state index contributed by atoms with van der Waals surface area (Å²) in [4.78, 5) is 24.7. The number of nitrogens with one attached hydrogen (secondary N) is 2. The molecule has 1 aliphatic heterocycles. The number of aryl methyl sites for hydroxylation is 2. The highest BCUT2D eigenvalue weighted by Crippen LogP contribution is 2.35. The predicted molar refractivity (Wildman–Crippen MR) is 125 cm³/mol. The minimum atomic E-state index is -0.644. The van der Waals surface area contributed by atoms with Crippen LogP contribution in [-0.2, 0) is 0 Å². The van der Waals surface area contributed by atoms with Crippen molar-refractivity contribution in [2.24, 2.45) is 0 Å². The lowest BCUT2D eigenvalue weighted by Gasteiger charge is -2.23. The molecule has 1 aromatic carbocycles. The maximum Gasteiger partial charge on any atom is 0.260 e. The van der Waals surface area contributed by atoms with Gasteiger partial charge in [-0.15, -0.1) is 0 Å². The highest BCUT2D eigenvalue weighted by atomic mass is 19.1. The second-order valence-electron chi connectivity index (χ2n) is 8.99. The van der Waals surface area contributed by atoms with E-state index in [-0.39, 0.29) is 16.9 Å². The number of anilines is 2. The first-order valence-corrected chi connectivity index (χ1v) is 10.9. The molecule has 0 bridgehead atoms. The predicted octanol–water partition coefficient (Wildman–Crippen LogP) is 4.10. The van der Waals surface area contributed by atoms with Crippen LogP contribution < -0.4 is 10.2 Å². The van der Waals surface area contributed by atoms with Gasteiger partial charge in [-0.05, 0) is 46.5 Å². The maximum atomic E-state index is 15.4. The average Bonchev–Trinajstić information content (AvgIpc) is 3.44. The van der Waals surface area contributed by atoms with Crippen molar-refractivity contribution in [1.29, 1.82) is 0 Å². The van der Waals surface area contributed by atoms with Crippen LogP contribution in [0.2, 0.25) is 0 Å². The number of carbonyl (C=O) groups is 1.